The second kappa shape index (κ2) is 7.96. The van der Waals surface area contributed by atoms with Crippen LogP contribution in [0, 0.1) is 0 Å². The van der Waals surface area contributed by atoms with Crippen LogP contribution in [0.3, 0.4) is 0 Å². The third kappa shape index (κ3) is 5.24. The molecule has 7 nitrogen and oxygen atoms in total. The molecule has 0 heterocycles. The minimum atomic E-state index is -3.49. The van der Waals surface area contributed by atoms with E-state index in [0.29, 0.717) is 12.8 Å². The number of sulfone groups is 1. The van der Waals surface area contributed by atoms with Gasteiger partial charge >= 0.3 is 5.97 Å². The molecule has 1 atom stereocenters. The highest BCUT2D eigenvalue weighted by atomic mass is 32.2. The van der Waals surface area contributed by atoms with Crippen LogP contribution in [-0.4, -0.2) is 44.8 Å². The first-order chi connectivity index (χ1) is 10.7. The summed E-state index contributed by atoms with van der Waals surface area (Å²) < 4.78 is 28.3. The van der Waals surface area contributed by atoms with Crippen LogP contribution in [0.25, 0.3) is 0 Å². The average molecular weight is 343 g/mol. The number of amides is 1. The van der Waals surface area contributed by atoms with Gasteiger partial charge in [-0.05, 0) is 24.6 Å². The average Bonchev–Trinajstić information content (AvgIpc) is 2.49. The number of hydrogen-bond donors (Lipinski definition) is 2. The Kier molecular flexibility index (Phi) is 6.56. The van der Waals surface area contributed by atoms with Gasteiger partial charge in [0.05, 0.1) is 17.6 Å². The largest absolute Gasteiger partial charge is 0.496 e. The molecule has 1 amide bonds. The van der Waals surface area contributed by atoms with E-state index < -0.39 is 27.8 Å². The van der Waals surface area contributed by atoms with Crippen molar-refractivity contribution < 1.29 is 27.9 Å². The molecule has 8 heteroatoms. The highest BCUT2D eigenvalue weighted by molar-refractivity contribution is 7.90. The van der Waals surface area contributed by atoms with Gasteiger partial charge in [0.2, 0.25) is 0 Å². The van der Waals surface area contributed by atoms with Crippen LogP contribution in [0.4, 0.5) is 0 Å². The fourth-order valence-electron chi connectivity index (χ4n) is 2.00. The smallest absolute Gasteiger partial charge is 0.326 e. The molecule has 1 aromatic rings. The Morgan fingerprint density at radius 2 is 2.00 bits per heavy atom. The number of carboxylic acid groups (broad SMARTS) is 1. The molecule has 0 aliphatic carbocycles. The lowest BCUT2D eigenvalue weighted by molar-refractivity contribution is -0.139. The lowest BCUT2D eigenvalue weighted by atomic mass is 10.1. The summed E-state index contributed by atoms with van der Waals surface area (Å²) in [6, 6.07) is 2.85. The first-order valence-electron chi connectivity index (χ1n) is 7.12. The number of ether oxygens (including phenoxy) is 1. The van der Waals surface area contributed by atoms with E-state index in [9.17, 15) is 18.0 Å². The highest BCUT2D eigenvalue weighted by Gasteiger charge is 2.23. The molecular formula is C15H21NO6S. The van der Waals surface area contributed by atoms with Crippen molar-refractivity contribution in [1.82, 2.24) is 5.32 Å². The van der Waals surface area contributed by atoms with Gasteiger partial charge in [-0.1, -0.05) is 19.8 Å². The van der Waals surface area contributed by atoms with Crippen molar-refractivity contribution in [1.29, 1.82) is 0 Å². The molecule has 0 fully saturated rings. The number of methoxy groups -OCH3 is 1. The number of benzene rings is 1. The number of rotatable bonds is 8. The quantitative estimate of drug-likeness (QED) is 0.740. The van der Waals surface area contributed by atoms with E-state index in [2.05, 4.69) is 5.32 Å². The molecule has 2 N–H and O–H groups in total. The SMILES string of the molecule is CCCCC(NC(=O)c1cc(S(C)(=O)=O)ccc1OC)C(=O)O. The lowest BCUT2D eigenvalue weighted by Gasteiger charge is -2.16. The maximum atomic E-state index is 12.3. The first-order valence-corrected chi connectivity index (χ1v) is 9.01. The number of aliphatic carboxylic acids is 1. The van der Waals surface area contributed by atoms with E-state index in [0.717, 1.165) is 12.7 Å². The summed E-state index contributed by atoms with van der Waals surface area (Å²) in [7, 11) is -2.15. The molecule has 0 aliphatic rings. The first kappa shape index (κ1) is 19.0. The van der Waals surface area contributed by atoms with Crippen LogP contribution in [0.2, 0.25) is 0 Å². The number of hydrogen-bond acceptors (Lipinski definition) is 5. The molecule has 1 rings (SSSR count). The van der Waals surface area contributed by atoms with Gasteiger partial charge in [-0.2, -0.15) is 0 Å². The van der Waals surface area contributed by atoms with Crippen molar-refractivity contribution in [3.63, 3.8) is 0 Å². The van der Waals surface area contributed by atoms with Crippen LogP contribution >= 0.6 is 0 Å². The molecule has 23 heavy (non-hydrogen) atoms. The Bertz CT molecular complexity index is 683. The summed E-state index contributed by atoms with van der Waals surface area (Å²) in [6.07, 6.45) is 2.77. The van der Waals surface area contributed by atoms with E-state index in [4.69, 9.17) is 9.84 Å². The van der Waals surface area contributed by atoms with Crippen molar-refractivity contribution in [3.8, 4) is 5.75 Å². The predicted octanol–water partition coefficient (Wildman–Crippen LogP) is 1.47. The van der Waals surface area contributed by atoms with Crippen molar-refractivity contribution >= 4 is 21.7 Å². The van der Waals surface area contributed by atoms with Crippen LogP contribution in [0.1, 0.15) is 36.5 Å². The monoisotopic (exact) mass is 343 g/mol. The van der Waals surface area contributed by atoms with Gasteiger partial charge in [0, 0.05) is 6.26 Å². The number of carbonyl (C=O) groups is 2. The Morgan fingerprint density at radius 3 is 2.48 bits per heavy atom. The lowest BCUT2D eigenvalue weighted by Crippen LogP contribution is -2.40. The van der Waals surface area contributed by atoms with E-state index in [1.165, 1.54) is 25.3 Å². The van der Waals surface area contributed by atoms with Crippen molar-refractivity contribution in [2.24, 2.45) is 0 Å². The highest BCUT2D eigenvalue weighted by Crippen LogP contribution is 2.22. The summed E-state index contributed by atoms with van der Waals surface area (Å²) in [5, 5.41) is 11.6. The molecule has 0 saturated heterocycles. The third-order valence-corrected chi connectivity index (χ3v) is 4.40. The van der Waals surface area contributed by atoms with E-state index in [-0.39, 0.29) is 16.2 Å². The Labute approximate surface area is 135 Å². The van der Waals surface area contributed by atoms with Crippen LogP contribution in [0.15, 0.2) is 23.1 Å². The minimum absolute atomic E-state index is 0.0156. The summed E-state index contributed by atoms with van der Waals surface area (Å²) >= 11 is 0. The van der Waals surface area contributed by atoms with Gasteiger partial charge in [-0.25, -0.2) is 13.2 Å². The minimum Gasteiger partial charge on any atom is -0.496 e. The van der Waals surface area contributed by atoms with Gasteiger partial charge in [0.25, 0.3) is 5.91 Å². The fourth-order valence-corrected chi connectivity index (χ4v) is 2.64. The molecule has 0 spiro atoms. The third-order valence-electron chi connectivity index (χ3n) is 3.29. The summed E-state index contributed by atoms with van der Waals surface area (Å²) in [6.45, 7) is 1.92. The zero-order chi connectivity index (χ0) is 17.6. The molecule has 0 saturated carbocycles. The zero-order valence-electron chi connectivity index (χ0n) is 13.3. The van der Waals surface area contributed by atoms with E-state index >= 15 is 0 Å². The number of carbonyl (C=O) groups excluding carboxylic acids is 1. The molecule has 0 bridgehead atoms. The molecular weight excluding hydrogens is 322 g/mol. The zero-order valence-corrected chi connectivity index (χ0v) is 14.1. The van der Waals surface area contributed by atoms with E-state index in [1.807, 2.05) is 6.92 Å². The number of unbranched alkanes of at least 4 members (excludes halogenated alkanes) is 1. The second-order valence-electron chi connectivity index (χ2n) is 5.14. The Hall–Kier alpha value is -2.09. The normalized spacial score (nSPS) is 12.5. The maximum absolute atomic E-state index is 12.3. The molecule has 0 radical (unpaired) electrons. The molecule has 1 unspecified atom stereocenters. The standard InChI is InChI=1S/C15H21NO6S/c1-4-5-6-12(15(18)19)16-14(17)11-9-10(23(3,20)21)7-8-13(11)22-2/h7-9,12H,4-6H2,1-3H3,(H,16,17)(H,18,19). The maximum Gasteiger partial charge on any atom is 0.326 e. The number of carboxylic acids is 1. The number of nitrogens with one attached hydrogen (secondary N) is 1. The van der Waals surface area contributed by atoms with E-state index in [1.54, 1.807) is 0 Å². The molecule has 1 aromatic carbocycles. The van der Waals surface area contributed by atoms with Gasteiger partial charge in [0.1, 0.15) is 11.8 Å². The topological polar surface area (TPSA) is 110 Å². The molecule has 0 aliphatic heterocycles. The molecule has 128 valence electrons. The van der Waals surface area contributed by atoms with Gasteiger partial charge in [-0.3, -0.25) is 4.79 Å². The predicted molar refractivity (Wildman–Crippen MR) is 84.5 cm³/mol. The fraction of sp³-hybridized carbons (Fsp3) is 0.467. The molecule has 0 aromatic heterocycles. The Morgan fingerprint density at radius 1 is 1.35 bits per heavy atom. The summed E-state index contributed by atoms with van der Waals surface area (Å²) in [4.78, 5) is 23.5. The van der Waals surface area contributed by atoms with Gasteiger partial charge < -0.3 is 15.2 Å². The van der Waals surface area contributed by atoms with Gasteiger partial charge in [-0.15, -0.1) is 0 Å². The van der Waals surface area contributed by atoms with Crippen molar-refractivity contribution in [3.05, 3.63) is 23.8 Å². The van der Waals surface area contributed by atoms with Crippen LogP contribution in [0.5, 0.6) is 5.75 Å². The van der Waals surface area contributed by atoms with Crippen LogP contribution in [-0.2, 0) is 14.6 Å². The summed E-state index contributed by atoms with van der Waals surface area (Å²) in [5.74, 6) is -1.64. The van der Waals surface area contributed by atoms with Crippen molar-refractivity contribution in [2.45, 2.75) is 37.1 Å². The van der Waals surface area contributed by atoms with Crippen LogP contribution < -0.4 is 10.1 Å². The summed E-state index contributed by atoms with van der Waals surface area (Å²) in [5.41, 5.74) is -0.0156. The second-order valence-corrected chi connectivity index (χ2v) is 7.16. The van der Waals surface area contributed by atoms with Crippen molar-refractivity contribution in [2.75, 3.05) is 13.4 Å². The van der Waals surface area contributed by atoms with Gasteiger partial charge in [0.15, 0.2) is 9.84 Å². The Balaban J connectivity index is 3.12.